The molecule has 7 heteroatoms. The minimum absolute atomic E-state index is 0.225. The predicted octanol–water partition coefficient (Wildman–Crippen LogP) is 0.870. The molecule has 1 saturated heterocycles. The molecule has 2 N–H and O–H groups in total. The van der Waals surface area contributed by atoms with E-state index in [1.807, 2.05) is 6.92 Å². The lowest BCUT2D eigenvalue weighted by atomic mass is 10.0. The number of carbonyl (C=O) groups is 3. The molecule has 1 aliphatic rings. The van der Waals surface area contributed by atoms with Crippen LogP contribution < -0.4 is 10.6 Å². The number of hydrogen-bond donors (Lipinski definition) is 2. The molecule has 0 aliphatic carbocycles. The average molecular weight is 335 g/mol. The molecule has 1 atom stereocenters. The van der Waals surface area contributed by atoms with Crippen molar-refractivity contribution < 1.29 is 19.1 Å². The number of rotatable bonds is 5. The van der Waals surface area contributed by atoms with Gasteiger partial charge < -0.3 is 19.9 Å². The lowest BCUT2D eigenvalue weighted by Crippen LogP contribution is -2.50. The van der Waals surface area contributed by atoms with Gasteiger partial charge in [0.2, 0.25) is 0 Å². The van der Waals surface area contributed by atoms with Crippen LogP contribution in [0.3, 0.4) is 0 Å². The first-order chi connectivity index (χ1) is 11.2. The molecule has 1 amide bonds. The molecular weight excluding hydrogens is 310 g/mol. The van der Waals surface area contributed by atoms with E-state index in [2.05, 4.69) is 10.6 Å². The van der Waals surface area contributed by atoms with Gasteiger partial charge in [0.05, 0.1) is 23.4 Å². The molecule has 1 unspecified atom stereocenters. The van der Waals surface area contributed by atoms with Crippen LogP contribution >= 0.6 is 0 Å². The molecule has 1 fully saturated rings. The van der Waals surface area contributed by atoms with Gasteiger partial charge in [0.15, 0.2) is 0 Å². The van der Waals surface area contributed by atoms with Crippen molar-refractivity contribution in [1.82, 2.24) is 15.2 Å². The van der Waals surface area contributed by atoms with Gasteiger partial charge in [-0.15, -0.1) is 0 Å². The fraction of sp³-hybridized carbons (Fsp3) is 0.588. The highest BCUT2D eigenvalue weighted by atomic mass is 16.5. The normalized spacial score (nSPS) is 20.0. The minimum Gasteiger partial charge on any atom is -0.462 e. The summed E-state index contributed by atoms with van der Waals surface area (Å²) in [6.07, 6.45) is 0.769. The van der Waals surface area contributed by atoms with E-state index in [0.29, 0.717) is 23.4 Å². The van der Waals surface area contributed by atoms with Crippen LogP contribution in [0.15, 0.2) is 0 Å². The molecule has 1 aromatic rings. The van der Waals surface area contributed by atoms with Gasteiger partial charge in [0.25, 0.3) is 11.7 Å². The predicted molar refractivity (Wildman–Crippen MR) is 89.2 cm³/mol. The van der Waals surface area contributed by atoms with E-state index in [0.717, 1.165) is 13.0 Å². The zero-order chi connectivity index (χ0) is 18.1. The summed E-state index contributed by atoms with van der Waals surface area (Å²) in [5.41, 5.74) is 1.23. The summed E-state index contributed by atoms with van der Waals surface area (Å²) in [6.45, 7) is 8.72. The number of ether oxygens (including phenoxy) is 1. The standard InChI is InChI=1S/C17H25N3O4/c1-6-24-16(23)12-10(2)13(20(5)11(12)3)14(21)15(22)19-17(4)7-8-18-9-17/h18H,6-9H2,1-5H3,(H,19,22). The SMILES string of the molecule is CCOC(=O)c1c(C)c(C(=O)C(=O)NC2(C)CCNC2)n(C)c1C. The van der Waals surface area contributed by atoms with Crippen LogP contribution in [0.5, 0.6) is 0 Å². The summed E-state index contributed by atoms with van der Waals surface area (Å²) in [7, 11) is 1.67. The van der Waals surface area contributed by atoms with Gasteiger partial charge in [-0.1, -0.05) is 0 Å². The van der Waals surface area contributed by atoms with E-state index in [9.17, 15) is 14.4 Å². The molecule has 2 heterocycles. The Bertz CT molecular complexity index is 684. The third-order valence-corrected chi connectivity index (χ3v) is 4.62. The Kier molecular flexibility index (Phi) is 5.13. The topological polar surface area (TPSA) is 89.4 Å². The number of hydrogen-bond acceptors (Lipinski definition) is 5. The molecule has 0 spiro atoms. The Labute approximate surface area is 141 Å². The summed E-state index contributed by atoms with van der Waals surface area (Å²) in [5, 5.41) is 5.98. The molecule has 1 aromatic heterocycles. The van der Waals surface area contributed by atoms with E-state index in [4.69, 9.17) is 4.74 Å². The smallest absolute Gasteiger partial charge is 0.340 e. The lowest BCUT2D eigenvalue weighted by Gasteiger charge is -2.24. The van der Waals surface area contributed by atoms with Crippen molar-refractivity contribution in [2.75, 3.05) is 19.7 Å². The van der Waals surface area contributed by atoms with Gasteiger partial charge in [0, 0.05) is 19.3 Å². The quantitative estimate of drug-likeness (QED) is 0.473. The number of carbonyl (C=O) groups excluding carboxylic acids is 3. The van der Waals surface area contributed by atoms with Gasteiger partial charge >= 0.3 is 5.97 Å². The highest BCUT2D eigenvalue weighted by Gasteiger charge is 2.35. The summed E-state index contributed by atoms with van der Waals surface area (Å²) in [6, 6.07) is 0. The number of nitrogens with one attached hydrogen (secondary N) is 2. The Balaban J connectivity index is 2.31. The number of nitrogens with zero attached hydrogens (tertiary/aromatic N) is 1. The number of esters is 1. The first-order valence-electron chi connectivity index (χ1n) is 8.12. The molecule has 7 nitrogen and oxygen atoms in total. The van der Waals surface area contributed by atoms with E-state index in [-0.39, 0.29) is 12.3 Å². The molecule has 0 bridgehead atoms. The second-order valence-electron chi connectivity index (χ2n) is 6.48. The van der Waals surface area contributed by atoms with Crippen LogP contribution in [0.4, 0.5) is 0 Å². The molecule has 0 aromatic carbocycles. The highest BCUT2D eigenvalue weighted by Crippen LogP contribution is 2.23. The van der Waals surface area contributed by atoms with Gasteiger partial charge in [-0.2, -0.15) is 0 Å². The maximum absolute atomic E-state index is 12.7. The maximum atomic E-state index is 12.7. The summed E-state index contributed by atoms with van der Waals surface area (Å²) >= 11 is 0. The Morgan fingerprint density at radius 2 is 2.00 bits per heavy atom. The van der Waals surface area contributed by atoms with Crippen molar-refractivity contribution in [2.45, 2.75) is 39.7 Å². The number of ketones is 1. The highest BCUT2D eigenvalue weighted by molar-refractivity contribution is 6.43. The zero-order valence-electron chi connectivity index (χ0n) is 14.9. The van der Waals surface area contributed by atoms with Crippen molar-refractivity contribution in [3.8, 4) is 0 Å². The first-order valence-corrected chi connectivity index (χ1v) is 8.12. The van der Waals surface area contributed by atoms with Crippen LogP contribution in [0.1, 0.15) is 52.4 Å². The van der Waals surface area contributed by atoms with Crippen LogP contribution in [-0.4, -0.2) is 47.5 Å². The van der Waals surface area contributed by atoms with E-state index in [1.54, 1.807) is 32.4 Å². The van der Waals surface area contributed by atoms with Crippen LogP contribution in [0, 0.1) is 13.8 Å². The summed E-state index contributed by atoms with van der Waals surface area (Å²) < 4.78 is 6.63. The molecule has 0 saturated carbocycles. The average Bonchev–Trinajstić information content (AvgIpc) is 3.02. The fourth-order valence-corrected chi connectivity index (χ4v) is 3.17. The van der Waals surface area contributed by atoms with Gasteiger partial charge in [0.1, 0.15) is 0 Å². The van der Waals surface area contributed by atoms with Crippen molar-refractivity contribution in [3.63, 3.8) is 0 Å². The van der Waals surface area contributed by atoms with Crippen molar-refractivity contribution >= 4 is 17.7 Å². The van der Waals surface area contributed by atoms with Crippen molar-refractivity contribution in [3.05, 3.63) is 22.5 Å². The van der Waals surface area contributed by atoms with Crippen molar-refractivity contribution in [2.24, 2.45) is 7.05 Å². The lowest BCUT2D eigenvalue weighted by molar-refractivity contribution is -0.118. The molecular formula is C17H25N3O4. The number of Topliss-reactive ketones (excluding diaryl/α,β-unsaturated/α-hetero) is 1. The van der Waals surface area contributed by atoms with Crippen LogP contribution in [0.2, 0.25) is 0 Å². The van der Waals surface area contributed by atoms with Crippen LogP contribution in [0.25, 0.3) is 0 Å². The van der Waals surface area contributed by atoms with E-state index < -0.39 is 23.2 Å². The summed E-state index contributed by atoms with van der Waals surface area (Å²) in [5.74, 6) is -1.77. The Morgan fingerprint density at radius 3 is 2.54 bits per heavy atom. The molecule has 132 valence electrons. The second kappa shape index (κ2) is 6.76. The van der Waals surface area contributed by atoms with Gasteiger partial charge in [-0.25, -0.2) is 4.79 Å². The monoisotopic (exact) mass is 335 g/mol. The maximum Gasteiger partial charge on any atom is 0.340 e. The second-order valence-corrected chi connectivity index (χ2v) is 6.48. The third kappa shape index (κ3) is 3.21. The van der Waals surface area contributed by atoms with E-state index >= 15 is 0 Å². The largest absolute Gasteiger partial charge is 0.462 e. The van der Waals surface area contributed by atoms with Crippen LogP contribution in [-0.2, 0) is 16.6 Å². The van der Waals surface area contributed by atoms with Gasteiger partial charge in [-0.3, -0.25) is 9.59 Å². The Morgan fingerprint density at radius 1 is 1.33 bits per heavy atom. The van der Waals surface area contributed by atoms with E-state index in [1.165, 1.54) is 0 Å². The van der Waals surface area contributed by atoms with Crippen molar-refractivity contribution in [1.29, 1.82) is 0 Å². The third-order valence-electron chi connectivity index (χ3n) is 4.62. The molecule has 24 heavy (non-hydrogen) atoms. The Hall–Kier alpha value is -2.15. The number of aromatic nitrogens is 1. The molecule has 0 radical (unpaired) electrons. The number of amides is 1. The minimum atomic E-state index is -0.652. The van der Waals surface area contributed by atoms with Gasteiger partial charge in [-0.05, 0) is 46.2 Å². The summed E-state index contributed by atoms with van der Waals surface area (Å²) in [4.78, 5) is 37.2. The molecule has 1 aliphatic heterocycles. The zero-order valence-corrected chi connectivity index (χ0v) is 14.9. The fourth-order valence-electron chi connectivity index (χ4n) is 3.17. The molecule has 2 rings (SSSR count). The first kappa shape index (κ1) is 18.2.